The Balaban J connectivity index is 1.43. The molecule has 1 saturated heterocycles. The number of carbonyl (C=O) groups excluding carboxylic acids is 2. The molecule has 1 heterocycles. The van der Waals surface area contributed by atoms with Gasteiger partial charge in [-0.1, -0.05) is 60.7 Å². The van der Waals surface area contributed by atoms with Crippen molar-refractivity contribution in [1.29, 1.82) is 0 Å². The molecule has 2 aromatic carbocycles. The lowest BCUT2D eigenvalue weighted by atomic mass is 10.1. The average Bonchev–Trinajstić information content (AvgIpc) is 2.80. The number of amides is 1. The van der Waals surface area contributed by atoms with Crippen molar-refractivity contribution in [2.24, 2.45) is 0 Å². The summed E-state index contributed by atoms with van der Waals surface area (Å²) in [6, 6.07) is 19.6. The maximum Gasteiger partial charge on any atom is 0.410 e. The molecule has 0 aliphatic carbocycles. The van der Waals surface area contributed by atoms with Crippen LogP contribution in [0.2, 0.25) is 0 Å². The van der Waals surface area contributed by atoms with Gasteiger partial charge in [0.15, 0.2) is 0 Å². The first-order valence-electron chi connectivity index (χ1n) is 11.0. The highest BCUT2D eigenvalue weighted by Gasteiger charge is 2.36. The van der Waals surface area contributed by atoms with E-state index in [4.69, 9.17) is 9.47 Å². The number of nitrogens with zero attached hydrogens (tertiary/aromatic N) is 2. The summed E-state index contributed by atoms with van der Waals surface area (Å²) in [5, 5.41) is 0. The van der Waals surface area contributed by atoms with E-state index in [0.717, 1.165) is 25.7 Å². The number of ether oxygens (including phenoxy) is 2. The number of rotatable bonds is 9. The van der Waals surface area contributed by atoms with Crippen LogP contribution in [0.1, 0.15) is 24.0 Å². The van der Waals surface area contributed by atoms with E-state index in [0.29, 0.717) is 32.8 Å². The van der Waals surface area contributed by atoms with Gasteiger partial charge in [0.2, 0.25) is 0 Å². The molecule has 1 aliphatic rings. The van der Waals surface area contributed by atoms with Gasteiger partial charge in [0.1, 0.15) is 6.04 Å². The predicted molar refractivity (Wildman–Crippen MR) is 120 cm³/mol. The number of aryl methyl sites for hydroxylation is 2. The molecule has 0 spiro atoms. The van der Waals surface area contributed by atoms with Crippen LogP contribution < -0.4 is 0 Å². The summed E-state index contributed by atoms with van der Waals surface area (Å²) >= 11 is 0. The zero-order chi connectivity index (χ0) is 21.9. The summed E-state index contributed by atoms with van der Waals surface area (Å²) in [4.78, 5) is 28.9. The van der Waals surface area contributed by atoms with Crippen molar-refractivity contribution >= 4 is 12.1 Å². The molecular formula is C25H32N2O4. The minimum Gasteiger partial charge on any atom is -0.464 e. The summed E-state index contributed by atoms with van der Waals surface area (Å²) in [5.41, 5.74) is 2.44. The molecule has 1 aliphatic heterocycles. The molecule has 0 saturated carbocycles. The molecule has 6 nitrogen and oxygen atoms in total. The van der Waals surface area contributed by atoms with E-state index in [2.05, 4.69) is 24.3 Å². The fourth-order valence-corrected chi connectivity index (χ4v) is 3.69. The maximum atomic E-state index is 12.7. The van der Waals surface area contributed by atoms with Crippen molar-refractivity contribution in [1.82, 2.24) is 9.80 Å². The second-order valence-corrected chi connectivity index (χ2v) is 7.93. The van der Waals surface area contributed by atoms with Crippen molar-refractivity contribution in [2.75, 3.05) is 39.9 Å². The Kier molecular flexibility index (Phi) is 8.91. The predicted octanol–water partition coefficient (Wildman–Crippen LogP) is 3.55. The topological polar surface area (TPSA) is 59.1 Å². The number of piperazine rings is 1. The lowest BCUT2D eigenvalue weighted by Crippen LogP contribution is -2.57. The third-order valence-electron chi connectivity index (χ3n) is 5.47. The van der Waals surface area contributed by atoms with Crippen LogP contribution in [0.25, 0.3) is 0 Å². The summed E-state index contributed by atoms with van der Waals surface area (Å²) in [7, 11) is 1.94. The number of likely N-dealkylation sites (N-methyl/N-ethyl adjacent to an activating group) is 1. The number of carbonyl (C=O) groups is 2. The van der Waals surface area contributed by atoms with Gasteiger partial charge in [-0.3, -0.25) is 4.90 Å². The molecule has 1 amide bonds. The monoisotopic (exact) mass is 424 g/mol. The summed E-state index contributed by atoms with van der Waals surface area (Å²) in [6.45, 7) is 2.29. The molecule has 0 radical (unpaired) electrons. The van der Waals surface area contributed by atoms with Crippen LogP contribution in [0.4, 0.5) is 4.79 Å². The summed E-state index contributed by atoms with van der Waals surface area (Å²) < 4.78 is 11.0. The molecule has 1 fully saturated rings. The first kappa shape index (κ1) is 22.8. The first-order chi connectivity index (χ1) is 15.1. The summed E-state index contributed by atoms with van der Waals surface area (Å²) in [6.07, 6.45) is 2.77. The van der Waals surface area contributed by atoms with Gasteiger partial charge in [0.25, 0.3) is 0 Å². The Bertz CT molecular complexity index is 813. The molecule has 31 heavy (non-hydrogen) atoms. The molecule has 3 rings (SSSR count). The zero-order valence-electron chi connectivity index (χ0n) is 18.2. The standard InChI is InChI=1S/C25H32N2O4/c1-26-16-17-27(25(29)31-19-9-15-22-12-6-3-7-13-22)23(20-26)24(28)30-18-8-14-21-10-4-2-5-11-21/h2-7,10-13,23H,8-9,14-20H2,1H3. The summed E-state index contributed by atoms with van der Waals surface area (Å²) in [5.74, 6) is -0.360. The molecule has 1 unspecified atom stereocenters. The molecule has 166 valence electrons. The van der Waals surface area contributed by atoms with E-state index in [1.165, 1.54) is 16.0 Å². The zero-order valence-corrected chi connectivity index (χ0v) is 18.2. The van der Waals surface area contributed by atoms with Crippen LogP contribution in [0.3, 0.4) is 0 Å². The number of esters is 1. The average molecular weight is 425 g/mol. The van der Waals surface area contributed by atoms with Gasteiger partial charge in [0, 0.05) is 19.6 Å². The van der Waals surface area contributed by atoms with Crippen molar-refractivity contribution in [2.45, 2.75) is 31.7 Å². The van der Waals surface area contributed by atoms with Crippen LogP contribution in [-0.4, -0.2) is 67.8 Å². The van der Waals surface area contributed by atoms with Gasteiger partial charge in [-0.05, 0) is 43.9 Å². The molecular weight excluding hydrogens is 392 g/mol. The highest BCUT2D eigenvalue weighted by atomic mass is 16.6. The van der Waals surface area contributed by atoms with Crippen LogP contribution in [-0.2, 0) is 27.1 Å². The second kappa shape index (κ2) is 12.1. The normalized spacial score (nSPS) is 16.7. The fraction of sp³-hybridized carbons (Fsp3) is 0.440. The molecule has 0 bridgehead atoms. The Hall–Kier alpha value is -2.86. The molecule has 6 heteroatoms. The third kappa shape index (κ3) is 7.40. The van der Waals surface area contributed by atoms with Crippen LogP contribution in [0.15, 0.2) is 60.7 Å². The van der Waals surface area contributed by atoms with E-state index < -0.39 is 12.1 Å². The molecule has 2 aromatic rings. The highest BCUT2D eigenvalue weighted by Crippen LogP contribution is 2.13. The Morgan fingerprint density at radius 1 is 0.839 bits per heavy atom. The van der Waals surface area contributed by atoms with Crippen molar-refractivity contribution in [3.05, 3.63) is 71.8 Å². The van der Waals surface area contributed by atoms with Crippen LogP contribution in [0.5, 0.6) is 0 Å². The highest BCUT2D eigenvalue weighted by molar-refractivity contribution is 5.82. The van der Waals surface area contributed by atoms with Crippen molar-refractivity contribution in [3.63, 3.8) is 0 Å². The van der Waals surface area contributed by atoms with Gasteiger partial charge in [0.05, 0.1) is 13.2 Å². The first-order valence-corrected chi connectivity index (χ1v) is 11.0. The number of hydrogen-bond acceptors (Lipinski definition) is 5. The van der Waals surface area contributed by atoms with Gasteiger partial charge in [-0.25, -0.2) is 9.59 Å². The molecule has 0 aromatic heterocycles. The van der Waals surface area contributed by atoms with E-state index in [1.807, 2.05) is 48.3 Å². The van der Waals surface area contributed by atoms with E-state index >= 15 is 0 Å². The minimum absolute atomic E-state index is 0.332. The van der Waals surface area contributed by atoms with Crippen molar-refractivity contribution < 1.29 is 19.1 Å². The number of hydrogen-bond donors (Lipinski definition) is 0. The van der Waals surface area contributed by atoms with Gasteiger partial charge >= 0.3 is 12.1 Å². The third-order valence-corrected chi connectivity index (χ3v) is 5.47. The van der Waals surface area contributed by atoms with Crippen molar-refractivity contribution in [3.8, 4) is 0 Å². The number of benzene rings is 2. The van der Waals surface area contributed by atoms with Gasteiger partial charge < -0.3 is 14.4 Å². The van der Waals surface area contributed by atoms with E-state index in [-0.39, 0.29) is 5.97 Å². The van der Waals surface area contributed by atoms with E-state index in [9.17, 15) is 9.59 Å². The SMILES string of the molecule is CN1CCN(C(=O)OCCCc2ccccc2)C(C(=O)OCCCc2ccccc2)C1. The van der Waals surface area contributed by atoms with Crippen LogP contribution in [0, 0.1) is 0 Å². The Labute approximate surface area is 184 Å². The molecule has 0 N–H and O–H groups in total. The second-order valence-electron chi connectivity index (χ2n) is 7.93. The quantitative estimate of drug-likeness (QED) is 0.455. The molecule has 1 atom stereocenters. The maximum absolute atomic E-state index is 12.7. The van der Waals surface area contributed by atoms with E-state index in [1.54, 1.807) is 0 Å². The van der Waals surface area contributed by atoms with Gasteiger partial charge in [-0.15, -0.1) is 0 Å². The fourth-order valence-electron chi connectivity index (χ4n) is 3.69. The van der Waals surface area contributed by atoms with Crippen LogP contribution >= 0.6 is 0 Å². The lowest BCUT2D eigenvalue weighted by Gasteiger charge is -2.37. The Morgan fingerprint density at radius 2 is 1.39 bits per heavy atom. The Morgan fingerprint density at radius 3 is 1.97 bits per heavy atom. The lowest BCUT2D eigenvalue weighted by molar-refractivity contribution is -0.151. The minimum atomic E-state index is -0.628. The smallest absolute Gasteiger partial charge is 0.410 e. The largest absolute Gasteiger partial charge is 0.464 e. The van der Waals surface area contributed by atoms with Gasteiger partial charge in [-0.2, -0.15) is 0 Å².